The van der Waals surface area contributed by atoms with E-state index in [9.17, 15) is 18.0 Å². The first-order valence-corrected chi connectivity index (χ1v) is 7.59. The second kappa shape index (κ2) is 6.75. The van der Waals surface area contributed by atoms with Crippen molar-refractivity contribution in [3.8, 4) is 5.75 Å². The lowest BCUT2D eigenvalue weighted by molar-refractivity contribution is -0.274. The summed E-state index contributed by atoms with van der Waals surface area (Å²) in [4.78, 5) is 12.1. The van der Waals surface area contributed by atoms with Crippen molar-refractivity contribution in [2.24, 2.45) is 7.05 Å². The van der Waals surface area contributed by atoms with Crippen LogP contribution in [0, 0.1) is 0 Å². The van der Waals surface area contributed by atoms with Gasteiger partial charge in [0.1, 0.15) is 5.75 Å². The number of fused-ring (bicyclic) bond motifs is 1. The highest BCUT2D eigenvalue weighted by atomic mass is 19.4. The molecule has 0 saturated heterocycles. The molecule has 0 unspecified atom stereocenters. The van der Waals surface area contributed by atoms with E-state index in [0.29, 0.717) is 13.2 Å². The zero-order valence-corrected chi connectivity index (χ0v) is 13.4. The first kappa shape index (κ1) is 17.3. The number of alkyl halides is 3. The van der Waals surface area contributed by atoms with Crippen molar-refractivity contribution in [1.82, 2.24) is 15.1 Å². The van der Waals surface area contributed by atoms with Gasteiger partial charge in [-0.3, -0.25) is 9.48 Å². The summed E-state index contributed by atoms with van der Waals surface area (Å²) in [7, 11) is 1.84. The van der Waals surface area contributed by atoms with Crippen LogP contribution in [0.1, 0.15) is 27.3 Å². The number of hydrogen-bond acceptors (Lipinski definition) is 4. The lowest BCUT2D eigenvalue weighted by Gasteiger charge is -2.14. The normalized spacial score (nSPS) is 14.1. The van der Waals surface area contributed by atoms with Crippen molar-refractivity contribution in [2.75, 3.05) is 6.61 Å². The molecule has 2 aromatic rings. The Hall–Kier alpha value is -2.55. The number of rotatable bonds is 4. The third-order valence-corrected chi connectivity index (χ3v) is 3.85. The standard InChI is InChI=1S/C16H16F3N3O3/c1-22-14-6-7-24-9-12(14)13(21-22)8-20-15(23)10-2-4-11(5-3-10)25-16(17,18)19/h2-5H,6-9H2,1H3,(H,20,23). The van der Waals surface area contributed by atoms with Gasteiger partial charge in [-0.15, -0.1) is 13.2 Å². The van der Waals surface area contributed by atoms with Crippen molar-refractivity contribution in [2.45, 2.75) is 25.9 Å². The summed E-state index contributed by atoms with van der Waals surface area (Å²) in [5.74, 6) is -0.783. The fourth-order valence-electron chi connectivity index (χ4n) is 2.70. The highest BCUT2D eigenvalue weighted by Gasteiger charge is 2.31. The van der Waals surface area contributed by atoms with Crippen LogP contribution in [0.2, 0.25) is 0 Å². The average molecular weight is 355 g/mol. The van der Waals surface area contributed by atoms with Crippen molar-refractivity contribution in [3.05, 3.63) is 46.8 Å². The van der Waals surface area contributed by atoms with E-state index in [1.165, 1.54) is 12.1 Å². The van der Waals surface area contributed by atoms with Crippen molar-refractivity contribution in [1.29, 1.82) is 0 Å². The molecule has 1 aromatic carbocycles. The van der Waals surface area contributed by atoms with E-state index in [4.69, 9.17) is 4.74 Å². The van der Waals surface area contributed by atoms with Crippen LogP contribution in [0.5, 0.6) is 5.75 Å². The SMILES string of the molecule is Cn1nc(CNC(=O)c2ccc(OC(F)(F)F)cc2)c2c1CCOC2. The van der Waals surface area contributed by atoms with Gasteiger partial charge < -0.3 is 14.8 Å². The summed E-state index contributed by atoms with van der Waals surface area (Å²) in [6.07, 6.45) is -3.99. The largest absolute Gasteiger partial charge is 0.573 e. The summed E-state index contributed by atoms with van der Waals surface area (Å²) >= 11 is 0. The van der Waals surface area contributed by atoms with Crippen LogP contribution in [0.25, 0.3) is 0 Å². The van der Waals surface area contributed by atoms with E-state index < -0.39 is 12.3 Å². The number of nitrogens with one attached hydrogen (secondary N) is 1. The van der Waals surface area contributed by atoms with Crippen LogP contribution in [0.4, 0.5) is 13.2 Å². The summed E-state index contributed by atoms with van der Waals surface area (Å²) < 4.78 is 47.4. The quantitative estimate of drug-likeness (QED) is 0.914. The molecule has 9 heteroatoms. The van der Waals surface area contributed by atoms with Gasteiger partial charge in [-0.1, -0.05) is 0 Å². The Balaban J connectivity index is 1.63. The van der Waals surface area contributed by atoms with Gasteiger partial charge in [0, 0.05) is 30.3 Å². The molecule has 0 atom stereocenters. The van der Waals surface area contributed by atoms with Gasteiger partial charge in [0.05, 0.1) is 25.5 Å². The van der Waals surface area contributed by atoms with Crippen LogP contribution in [-0.2, 0) is 31.4 Å². The molecule has 0 fully saturated rings. The molecule has 0 aliphatic carbocycles. The van der Waals surface area contributed by atoms with Crippen LogP contribution in [0.15, 0.2) is 24.3 Å². The van der Waals surface area contributed by atoms with Gasteiger partial charge in [-0.2, -0.15) is 5.10 Å². The molecule has 6 nitrogen and oxygen atoms in total. The Kier molecular flexibility index (Phi) is 4.67. The minimum absolute atomic E-state index is 0.214. The number of nitrogens with zero attached hydrogens (tertiary/aromatic N) is 2. The second-order valence-electron chi connectivity index (χ2n) is 5.55. The topological polar surface area (TPSA) is 65.4 Å². The number of ether oxygens (including phenoxy) is 2. The molecule has 0 bridgehead atoms. The number of amides is 1. The Labute approximate surface area is 141 Å². The molecule has 1 aliphatic heterocycles. The molecular formula is C16H16F3N3O3. The first-order chi connectivity index (χ1) is 11.8. The smallest absolute Gasteiger partial charge is 0.406 e. The van der Waals surface area contributed by atoms with E-state index in [-0.39, 0.29) is 17.9 Å². The molecule has 2 heterocycles. The summed E-state index contributed by atoms with van der Waals surface area (Å²) in [5.41, 5.74) is 3.02. The van der Waals surface area contributed by atoms with E-state index in [1.807, 2.05) is 7.05 Å². The minimum atomic E-state index is -4.76. The predicted molar refractivity (Wildman–Crippen MR) is 80.9 cm³/mol. The van der Waals surface area contributed by atoms with E-state index in [0.717, 1.165) is 35.5 Å². The fraction of sp³-hybridized carbons (Fsp3) is 0.375. The van der Waals surface area contributed by atoms with Crippen molar-refractivity contribution >= 4 is 5.91 Å². The third-order valence-electron chi connectivity index (χ3n) is 3.85. The number of aromatic nitrogens is 2. The summed E-state index contributed by atoms with van der Waals surface area (Å²) in [5, 5.41) is 7.10. The molecule has 1 aliphatic rings. The first-order valence-electron chi connectivity index (χ1n) is 7.59. The lowest BCUT2D eigenvalue weighted by atomic mass is 10.1. The molecule has 1 aromatic heterocycles. The van der Waals surface area contributed by atoms with E-state index in [1.54, 1.807) is 4.68 Å². The average Bonchev–Trinajstić information content (AvgIpc) is 2.88. The van der Waals surface area contributed by atoms with Gasteiger partial charge in [0.15, 0.2) is 0 Å². The zero-order chi connectivity index (χ0) is 18.0. The van der Waals surface area contributed by atoms with Crippen molar-refractivity contribution in [3.63, 3.8) is 0 Å². The minimum Gasteiger partial charge on any atom is -0.406 e. The van der Waals surface area contributed by atoms with Gasteiger partial charge in [-0.05, 0) is 24.3 Å². The van der Waals surface area contributed by atoms with Crippen LogP contribution >= 0.6 is 0 Å². The predicted octanol–water partition coefficient (Wildman–Crippen LogP) is 2.32. The number of hydrogen-bond donors (Lipinski definition) is 1. The zero-order valence-electron chi connectivity index (χ0n) is 13.4. The summed E-state index contributed by atoms with van der Waals surface area (Å²) in [6, 6.07) is 4.73. The molecule has 25 heavy (non-hydrogen) atoms. The third kappa shape index (κ3) is 4.11. The molecule has 3 rings (SSSR count). The monoisotopic (exact) mass is 355 g/mol. The fourth-order valence-corrected chi connectivity index (χ4v) is 2.70. The molecular weight excluding hydrogens is 339 g/mol. The number of carbonyl (C=O) groups is 1. The maximum atomic E-state index is 12.1. The Morgan fingerprint density at radius 1 is 1.36 bits per heavy atom. The molecule has 134 valence electrons. The Morgan fingerprint density at radius 3 is 2.76 bits per heavy atom. The van der Waals surface area contributed by atoms with E-state index in [2.05, 4.69) is 15.2 Å². The van der Waals surface area contributed by atoms with Gasteiger partial charge in [0.25, 0.3) is 5.91 Å². The highest BCUT2D eigenvalue weighted by molar-refractivity contribution is 5.94. The molecule has 1 N–H and O–H groups in total. The van der Waals surface area contributed by atoms with Gasteiger partial charge >= 0.3 is 6.36 Å². The maximum absolute atomic E-state index is 12.1. The Bertz CT molecular complexity index is 769. The Morgan fingerprint density at radius 2 is 2.08 bits per heavy atom. The number of aryl methyl sites for hydroxylation is 1. The maximum Gasteiger partial charge on any atom is 0.573 e. The molecule has 0 saturated carbocycles. The number of carbonyl (C=O) groups excluding carboxylic acids is 1. The van der Waals surface area contributed by atoms with Gasteiger partial charge in [-0.25, -0.2) is 0 Å². The van der Waals surface area contributed by atoms with Crippen LogP contribution < -0.4 is 10.1 Å². The molecule has 1 amide bonds. The van der Waals surface area contributed by atoms with Crippen LogP contribution in [-0.4, -0.2) is 28.7 Å². The highest BCUT2D eigenvalue weighted by Crippen LogP contribution is 2.23. The molecule has 0 radical (unpaired) electrons. The van der Waals surface area contributed by atoms with Crippen molar-refractivity contribution < 1.29 is 27.4 Å². The molecule has 0 spiro atoms. The number of halogens is 3. The van der Waals surface area contributed by atoms with Crippen LogP contribution in [0.3, 0.4) is 0 Å². The second-order valence-corrected chi connectivity index (χ2v) is 5.55. The lowest BCUT2D eigenvalue weighted by Crippen LogP contribution is -2.24. The van der Waals surface area contributed by atoms with Gasteiger partial charge in [0.2, 0.25) is 0 Å². The summed E-state index contributed by atoms with van der Waals surface area (Å²) in [6.45, 7) is 1.31. The number of benzene rings is 1. The van der Waals surface area contributed by atoms with E-state index >= 15 is 0 Å².